The summed E-state index contributed by atoms with van der Waals surface area (Å²) in [5.41, 5.74) is 5.71. The quantitative estimate of drug-likeness (QED) is 0.196. The van der Waals surface area contributed by atoms with Crippen LogP contribution in [0.25, 0.3) is 0 Å². The molecule has 35 heavy (non-hydrogen) atoms. The van der Waals surface area contributed by atoms with Crippen molar-refractivity contribution in [2.24, 2.45) is 16.8 Å². The highest BCUT2D eigenvalue weighted by Gasteiger charge is 2.19. The van der Waals surface area contributed by atoms with Gasteiger partial charge in [0.05, 0.1) is 11.4 Å². The number of hydrogen-bond acceptors (Lipinski definition) is 6. The molecule has 0 atom stereocenters. The van der Waals surface area contributed by atoms with Crippen LogP contribution in [-0.4, -0.2) is 23.8 Å². The summed E-state index contributed by atoms with van der Waals surface area (Å²) in [4.78, 5) is 17.7. The maximum atomic E-state index is 12.2. The molecule has 0 aliphatic carbocycles. The number of benzene rings is 3. The van der Waals surface area contributed by atoms with Crippen molar-refractivity contribution in [3.63, 3.8) is 0 Å². The van der Waals surface area contributed by atoms with Gasteiger partial charge < -0.3 is 9.57 Å². The number of halogens is 1. The van der Waals surface area contributed by atoms with E-state index in [0.29, 0.717) is 16.5 Å². The van der Waals surface area contributed by atoms with Gasteiger partial charge in [-0.25, -0.2) is 21.5 Å². The number of carbonyl (C=O) groups is 1. The van der Waals surface area contributed by atoms with Crippen molar-refractivity contribution in [3.05, 3.63) is 93.5 Å². The molecule has 0 fully saturated rings. The predicted octanol–water partition coefficient (Wildman–Crippen LogP) is 5.08. The van der Waals surface area contributed by atoms with Gasteiger partial charge in [-0.15, -0.1) is 0 Å². The number of urea groups is 1. The van der Waals surface area contributed by atoms with Crippen LogP contribution < -0.4 is 21.4 Å². The number of anilines is 1. The van der Waals surface area contributed by atoms with E-state index in [4.69, 9.17) is 32.9 Å². The van der Waals surface area contributed by atoms with Crippen LogP contribution in [-0.2, 0) is 18.1 Å². The van der Waals surface area contributed by atoms with Crippen LogP contribution in [0.2, 0.25) is 5.02 Å². The molecule has 3 aromatic rings. The van der Waals surface area contributed by atoms with E-state index >= 15 is 0 Å². The monoisotopic (exact) mass is 495 g/mol. The molecule has 2 amide bonds. The Balaban J connectivity index is 1.70. The first-order valence-electron chi connectivity index (χ1n) is 11.0. The average molecular weight is 496 g/mol. The van der Waals surface area contributed by atoms with Gasteiger partial charge in [-0.1, -0.05) is 47.1 Å². The van der Waals surface area contributed by atoms with E-state index in [2.05, 4.69) is 5.16 Å². The van der Waals surface area contributed by atoms with Crippen molar-refractivity contribution in [3.8, 4) is 5.75 Å². The zero-order valence-electron chi connectivity index (χ0n) is 20.3. The standard InChI is InChI=1S/C26H30ClN5O3/c1-17-8-7-11-24(32(29)26(33)31(4)28)22(17)16-34-25-13-12-20(14-18(25)2)19(3)30-35-15-21-9-5-6-10-23(21)27/h5-14H,15-16,28-29H2,1-4H3/b30-19+. The predicted molar refractivity (Wildman–Crippen MR) is 139 cm³/mol. The Morgan fingerprint density at radius 2 is 1.74 bits per heavy atom. The Kier molecular flexibility index (Phi) is 8.70. The van der Waals surface area contributed by atoms with E-state index in [0.717, 1.165) is 43.5 Å². The lowest BCUT2D eigenvalue weighted by atomic mass is 10.1. The number of nitrogens with two attached hydrogens (primary N) is 2. The average Bonchev–Trinajstić information content (AvgIpc) is 2.83. The second-order valence-corrected chi connectivity index (χ2v) is 8.55. The van der Waals surface area contributed by atoms with Gasteiger partial charge in [0, 0.05) is 23.2 Å². The molecule has 8 nitrogen and oxygen atoms in total. The Morgan fingerprint density at radius 3 is 2.43 bits per heavy atom. The molecule has 0 heterocycles. The third-order valence-corrected chi connectivity index (χ3v) is 5.87. The smallest absolute Gasteiger partial charge is 0.352 e. The summed E-state index contributed by atoms with van der Waals surface area (Å²) in [6.07, 6.45) is 0. The summed E-state index contributed by atoms with van der Waals surface area (Å²) in [5.74, 6) is 12.3. The van der Waals surface area contributed by atoms with Gasteiger partial charge in [0.25, 0.3) is 0 Å². The third kappa shape index (κ3) is 6.51. The zero-order valence-corrected chi connectivity index (χ0v) is 21.0. The highest BCUT2D eigenvalue weighted by molar-refractivity contribution is 6.31. The fourth-order valence-corrected chi connectivity index (χ4v) is 3.62. The molecule has 0 spiro atoms. The Labute approximate surface area is 210 Å². The van der Waals surface area contributed by atoms with E-state index in [1.165, 1.54) is 7.05 Å². The minimum Gasteiger partial charge on any atom is -0.489 e. The maximum Gasteiger partial charge on any atom is 0.352 e. The summed E-state index contributed by atoms with van der Waals surface area (Å²) >= 11 is 6.16. The Morgan fingerprint density at radius 1 is 1.00 bits per heavy atom. The molecule has 3 aromatic carbocycles. The number of carbonyl (C=O) groups excluding carboxylic acids is 1. The molecular formula is C26H30ClN5O3. The van der Waals surface area contributed by atoms with Gasteiger partial charge in [0.1, 0.15) is 19.0 Å². The summed E-state index contributed by atoms with van der Waals surface area (Å²) in [6, 6.07) is 18.3. The van der Waals surface area contributed by atoms with Crippen LogP contribution in [0.15, 0.2) is 65.8 Å². The number of nitrogens with zero attached hydrogens (tertiary/aromatic N) is 3. The molecule has 9 heteroatoms. The molecule has 184 valence electrons. The number of ether oxygens (including phenoxy) is 1. The Bertz CT molecular complexity index is 1230. The molecule has 4 N–H and O–H groups in total. The van der Waals surface area contributed by atoms with Crippen molar-refractivity contribution >= 4 is 29.0 Å². The van der Waals surface area contributed by atoms with Gasteiger partial charge in [-0.2, -0.15) is 0 Å². The number of hydrazine groups is 2. The maximum absolute atomic E-state index is 12.2. The van der Waals surface area contributed by atoms with Crippen molar-refractivity contribution in [1.82, 2.24) is 5.01 Å². The molecule has 3 rings (SSSR count). The summed E-state index contributed by atoms with van der Waals surface area (Å²) in [7, 11) is 1.44. The topological polar surface area (TPSA) is 106 Å². The molecule has 0 aliphatic heterocycles. The summed E-state index contributed by atoms with van der Waals surface area (Å²) in [5, 5.41) is 6.81. The van der Waals surface area contributed by atoms with Crippen molar-refractivity contribution in [2.45, 2.75) is 34.0 Å². The van der Waals surface area contributed by atoms with Crippen molar-refractivity contribution < 1.29 is 14.4 Å². The largest absolute Gasteiger partial charge is 0.489 e. The summed E-state index contributed by atoms with van der Waals surface area (Å²) in [6.45, 7) is 6.29. The first-order chi connectivity index (χ1) is 16.7. The molecule has 0 radical (unpaired) electrons. The van der Waals surface area contributed by atoms with E-state index in [1.54, 1.807) is 6.07 Å². The number of amides is 2. The lowest BCUT2D eigenvalue weighted by Gasteiger charge is -2.24. The van der Waals surface area contributed by atoms with Crippen LogP contribution in [0.1, 0.15) is 34.7 Å². The van der Waals surface area contributed by atoms with Crippen LogP contribution in [0, 0.1) is 13.8 Å². The molecule has 0 aromatic heterocycles. The van der Waals surface area contributed by atoms with Crippen LogP contribution >= 0.6 is 11.6 Å². The second-order valence-electron chi connectivity index (χ2n) is 8.15. The van der Waals surface area contributed by atoms with Gasteiger partial charge >= 0.3 is 6.03 Å². The molecule has 0 saturated carbocycles. The number of aryl methyl sites for hydroxylation is 2. The lowest BCUT2D eigenvalue weighted by Crippen LogP contribution is -2.49. The Hall–Kier alpha value is -3.59. The van der Waals surface area contributed by atoms with Crippen LogP contribution in [0.4, 0.5) is 10.5 Å². The normalized spacial score (nSPS) is 11.2. The minimum absolute atomic E-state index is 0.228. The van der Waals surface area contributed by atoms with E-state index in [1.807, 2.05) is 75.4 Å². The van der Waals surface area contributed by atoms with Crippen LogP contribution in [0.3, 0.4) is 0 Å². The van der Waals surface area contributed by atoms with Crippen LogP contribution in [0.5, 0.6) is 5.75 Å². The van der Waals surface area contributed by atoms with E-state index < -0.39 is 6.03 Å². The molecular weight excluding hydrogens is 466 g/mol. The van der Waals surface area contributed by atoms with Gasteiger partial charge in [0.2, 0.25) is 0 Å². The SMILES string of the molecule is C/C(=N\OCc1ccccc1Cl)c1ccc(OCc2c(C)cccc2N(N)C(=O)N(C)N)c(C)c1. The van der Waals surface area contributed by atoms with Gasteiger partial charge in [-0.05, 0) is 67.8 Å². The number of oxime groups is 1. The highest BCUT2D eigenvalue weighted by Crippen LogP contribution is 2.27. The number of hydrogen-bond donors (Lipinski definition) is 2. The van der Waals surface area contributed by atoms with Gasteiger partial charge in [-0.3, -0.25) is 5.01 Å². The second kappa shape index (κ2) is 11.7. The number of rotatable bonds is 8. The van der Waals surface area contributed by atoms with Gasteiger partial charge in [0.15, 0.2) is 0 Å². The molecule has 0 unspecified atom stereocenters. The lowest BCUT2D eigenvalue weighted by molar-refractivity contribution is 0.130. The fourth-order valence-electron chi connectivity index (χ4n) is 3.43. The van der Waals surface area contributed by atoms with E-state index in [-0.39, 0.29) is 13.2 Å². The highest BCUT2D eigenvalue weighted by atomic mass is 35.5. The van der Waals surface area contributed by atoms with Crippen molar-refractivity contribution in [2.75, 3.05) is 12.1 Å². The first kappa shape index (κ1) is 26.0. The molecule has 0 aliphatic rings. The zero-order chi connectivity index (χ0) is 25.5. The molecule has 0 saturated heterocycles. The summed E-state index contributed by atoms with van der Waals surface area (Å²) < 4.78 is 6.10. The third-order valence-electron chi connectivity index (χ3n) is 5.50. The minimum atomic E-state index is -0.538. The first-order valence-corrected chi connectivity index (χ1v) is 11.4. The fraction of sp³-hybridized carbons (Fsp3) is 0.231. The van der Waals surface area contributed by atoms with Crippen molar-refractivity contribution in [1.29, 1.82) is 0 Å². The van der Waals surface area contributed by atoms with E-state index in [9.17, 15) is 4.79 Å². The molecule has 0 bridgehead atoms.